The number of halogens is 1. The van der Waals surface area contributed by atoms with Crippen LogP contribution in [0.4, 0.5) is 0 Å². The van der Waals surface area contributed by atoms with E-state index in [0.717, 1.165) is 49.4 Å². The Morgan fingerprint density at radius 3 is 3.06 bits per heavy atom. The summed E-state index contributed by atoms with van der Waals surface area (Å²) in [7, 11) is 2.09. The van der Waals surface area contributed by atoms with Gasteiger partial charge in [-0.15, -0.1) is 0 Å². The molecule has 3 heterocycles. The topological polar surface area (TPSA) is 38.1 Å². The molecule has 1 aromatic heterocycles. The highest BCUT2D eigenvalue weighted by Crippen LogP contribution is 2.28. The molecule has 1 atom stereocenters. The van der Waals surface area contributed by atoms with Gasteiger partial charge in [0.1, 0.15) is 5.69 Å². The first-order chi connectivity index (χ1) is 7.66. The van der Waals surface area contributed by atoms with Gasteiger partial charge in [0.25, 0.3) is 0 Å². The van der Waals surface area contributed by atoms with Gasteiger partial charge in [0.2, 0.25) is 0 Å². The number of fused-ring (bicyclic) bond motifs is 3. The Bertz CT molecular complexity index is 454. The summed E-state index contributed by atoms with van der Waals surface area (Å²) in [6.07, 6.45) is 1.81. The van der Waals surface area contributed by atoms with E-state index in [1.807, 2.05) is 4.68 Å². The van der Waals surface area contributed by atoms with Crippen molar-refractivity contribution in [2.45, 2.75) is 30.8 Å². The molecule has 0 saturated heterocycles. The van der Waals surface area contributed by atoms with Gasteiger partial charge in [-0.05, 0) is 13.5 Å². The SMILES string of the molecule is CN1CCc2nn3c(c2C1)C(=O)C(Br)CC3. The quantitative estimate of drug-likeness (QED) is 0.672. The lowest BCUT2D eigenvalue weighted by molar-refractivity contribution is 0.0959. The Kier molecular flexibility index (Phi) is 2.40. The highest BCUT2D eigenvalue weighted by atomic mass is 79.9. The van der Waals surface area contributed by atoms with Crippen molar-refractivity contribution in [1.29, 1.82) is 0 Å². The predicted molar refractivity (Wildman–Crippen MR) is 63.9 cm³/mol. The monoisotopic (exact) mass is 283 g/mol. The lowest BCUT2D eigenvalue weighted by Crippen LogP contribution is -2.30. The van der Waals surface area contributed by atoms with Crippen molar-refractivity contribution < 1.29 is 4.79 Å². The van der Waals surface area contributed by atoms with Gasteiger partial charge in [-0.2, -0.15) is 5.10 Å². The van der Waals surface area contributed by atoms with Gasteiger partial charge < -0.3 is 4.90 Å². The second-order valence-electron chi connectivity index (χ2n) is 4.61. The number of rotatable bonds is 0. The molecule has 0 saturated carbocycles. The number of carbonyl (C=O) groups excluding carboxylic acids is 1. The average Bonchev–Trinajstić information content (AvgIpc) is 2.62. The molecule has 5 heteroatoms. The molecule has 0 bridgehead atoms. The van der Waals surface area contributed by atoms with E-state index in [2.05, 4.69) is 33.0 Å². The Morgan fingerprint density at radius 2 is 2.25 bits per heavy atom. The maximum atomic E-state index is 12.1. The van der Waals surface area contributed by atoms with E-state index in [-0.39, 0.29) is 10.6 Å². The maximum Gasteiger partial charge on any atom is 0.194 e. The zero-order chi connectivity index (χ0) is 11.3. The number of nitrogens with zero attached hydrogens (tertiary/aromatic N) is 3. The summed E-state index contributed by atoms with van der Waals surface area (Å²) in [5.41, 5.74) is 3.13. The highest BCUT2D eigenvalue weighted by molar-refractivity contribution is 9.10. The molecule has 0 amide bonds. The summed E-state index contributed by atoms with van der Waals surface area (Å²) in [5.74, 6) is 0.204. The number of Topliss-reactive ketones (excluding diaryl/α,β-unsaturated/α-hetero) is 1. The number of hydrogen-bond donors (Lipinski definition) is 0. The van der Waals surface area contributed by atoms with Crippen LogP contribution in [0, 0.1) is 0 Å². The molecule has 4 nitrogen and oxygen atoms in total. The van der Waals surface area contributed by atoms with Crippen LogP contribution in [0.15, 0.2) is 0 Å². The molecule has 0 aromatic carbocycles. The lowest BCUT2D eigenvalue weighted by atomic mass is 10.00. The minimum Gasteiger partial charge on any atom is -0.302 e. The largest absolute Gasteiger partial charge is 0.302 e. The maximum absolute atomic E-state index is 12.1. The van der Waals surface area contributed by atoms with Gasteiger partial charge in [-0.1, -0.05) is 15.9 Å². The third kappa shape index (κ3) is 1.45. The molecule has 1 aromatic rings. The second-order valence-corrected chi connectivity index (χ2v) is 5.71. The van der Waals surface area contributed by atoms with Crippen LogP contribution in [0.5, 0.6) is 0 Å². The van der Waals surface area contributed by atoms with Gasteiger partial charge in [0.05, 0.1) is 10.5 Å². The van der Waals surface area contributed by atoms with Crippen molar-refractivity contribution in [3.05, 3.63) is 17.0 Å². The van der Waals surface area contributed by atoms with E-state index in [1.54, 1.807) is 0 Å². The van der Waals surface area contributed by atoms with Crippen LogP contribution in [0.25, 0.3) is 0 Å². The molecule has 0 fully saturated rings. The molecule has 0 radical (unpaired) electrons. The number of hydrogen-bond acceptors (Lipinski definition) is 3. The first-order valence-corrected chi connectivity index (χ1v) is 6.54. The number of ketones is 1. The fraction of sp³-hybridized carbons (Fsp3) is 0.636. The minimum atomic E-state index is -0.0203. The van der Waals surface area contributed by atoms with Gasteiger partial charge in [-0.25, -0.2) is 0 Å². The van der Waals surface area contributed by atoms with Gasteiger partial charge in [0, 0.05) is 31.6 Å². The first kappa shape index (κ1) is 10.5. The van der Waals surface area contributed by atoms with E-state index in [1.165, 1.54) is 0 Å². The van der Waals surface area contributed by atoms with Crippen molar-refractivity contribution in [2.24, 2.45) is 0 Å². The Morgan fingerprint density at radius 1 is 1.44 bits per heavy atom. The van der Waals surface area contributed by atoms with Crippen LogP contribution in [0.2, 0.25) is 0 Å². The number of likely N-dealkylation sites (N-methyl/N-ethyl adjacent to an activating group) is 1. The van der Waals surface area contributed by atoms with Crippen molar-refractivity contribution in [3.63, 3.8) is 0 Å². The van der Waals surface area contributed by atoms with E-state index in [4.69, 9.17) is 0 Å². The molecule has 0 aliphatic carbocycles. The molecule has 0 spiro atoms. The van der Waals surface area contributed by atoms with Gasteiger partial charge >= 0.3 is 0 Å². The number of aryl methyl sites for hydroxylation is 1. The van der Waals surface area contributed by atoms with Gasteiger partial charge in [-0.3, -0.25) is 9.48 Å². The van der Waals surface area contributed by atoms with Crippen LogP contribution in [0.1, 0.15) is 28.2 Å². The third-order valence-electron chi connectivity index (χ3n) is 3.40. The zero-order valence-corrected chi connectivity index (χ0v) is 10.8. The smallest absolute Gasteiger partial charge is 0.194 e. The highest BCUT2D eigenvalue weighted by Gasteiger charge is 2.33. The Labute approximate surface area is 103 Å². The van der Waals surface area contributed by atoms with Crippen molar-refractivity contribution >= 4 is 21.7 Å². The molecule has 1 unspecified atom stereocenters. The summed E-state index contributed by atoms with van der Waals surface area (Å²) in [4.78, 5) is 14.4. The van der Waals surface area contributed by atoms with Crippen molar-refractivity contribution in [2.75, 3.05) is 13.6 Å². The first-order valence-electron chi connectivity index (χ1n) is 5.62. The summed E-state index contributed by atoms with van der Waals surface area (Å²) in [6, 6.07) is 0. The van der Waals surface area contributed by atoms with Gasteiger partial charge in [0.15, 0.2) is 5.78 Å². The normalized spacial score (nSPS) is 25.4. The van der Waals surface area contributed by atoms with Crippen LogP contribution in [-0.2, 0) is 19.5 Å². The summed E-state index contributed by atoms with van der Waals surface area (Å²) < 4.78 is 1.91. The molecular formula is C11H14BrN3O. The Hall–Kier alpha value is -0.680. The zero-order valence-electron chi connectivity index (χ0n) is 9.24. The number of carbonyl (C=O) groups is 1. The van der Waals surface area contributed by atoms with Crippen LogP contribution >= 0.6 is 15.9 Å². The molecule has 2 aliphatic rings. The van der Waals surface area contributed by atoms with Crippen LogP contribution in [0.3, 0.4) is 0 Å². The van der Waals surface area contributed by atoms with E-state index in [0.29, 0.717) is 0 Å². The molecular weight excluding hydrogens is 270 g/mol. The fourth-order valence-corrected chi connectivity index (χ4v) is 2.94. The summed E-state index contributed by atoms with van der Waals surface area (Å²) in [6.45, 7) is 2.75. The van der Waals surface area contributed by atoms with E-state index in [9.17, 15) is 4.79 Å². The number of alkyl halides is 1. The minimum absolute atomic E-state index is 0.0203. The van der Waals surface area contributed by atoms with E-state index < -0.39 is 0 Å². The molecule has 3 rings (SSSR count). The third-order valence-corrected chi connectivity index (χ3v) is 4.28. The molecule has 2 aliphatic heterocycles. The van der Waals surface area contributed by atoms with Crippen LogP contribution in [-0.4, -0.2) is 38.9 Å². The molecule has 86 valence electrons. The average molecular weight is 284 g/mol. The lowest BCUT2D eigenvalue weighted by Gasteiger charge is -2.23. The van der Waals surface area contributed by atoms with Crippen molar-refractivity contribution in [3.8, 4) is 0 Å². The summed E-state index contributed by atoms with van der Waals surface area (Å²) in [5, 5.41) is 4.56. The standard InChI is InChI=1S/C11H14BrN3O/c1-14-4-3-9-7(6-14)10-11(16)8(12)2-5-15(10)13-9/h8H,2-6H2,1H3. The second kappa shape index (κ2) is 3.67. The predicted octanol–water partition coefficient (Wildman–Crippen LogP) is 1.22. The Balaban J connectivity index is 2.11. The van der Waals surface area contributed by atoms with E-state index >= 15 is 0 Å². The van der Waals surface area contributed by atoms with Crippen molar-refractivity contribution in [1.82, 2.24) is 14.7 Å². The molecule has 16 heavy (non-hydrogen) atoms. The summed E-state index contributed by atoms with van der Waals surface area (Å²) >= 11 is 3.45. The number of aromatic nitrogens is 2. The molecule has 0 N–H and O–H groups in total. The fourth-order valence-electron chi connectivity index (χ4n) is 2.51. The van der Waals surface area contributed by atoms with Crippen LogP contribution < -0.4 is 0 Å².